The van der Waals surface area contributed by atoms with E-state index >= 15 is 0 Å². The van der Waals surface area contributed by atoms with Crippen LogP contribution in [0.1, 0.15) is 35.1 Å². The molecule has 0 bridgehead atoms. The fourth-order valence-corrected chi connectivity index (χ4v) is 2.06. The number of imidazole rings is 1. The number of aryl methyl sites for hydroxylation is 2. The van der Waals surface area contributed by atoms with Crippen molar-refractivity contribution in [3.8, 4) is 0 Å². The van der Waals surface area contributed by atoms with Gasteiger partial charge in [-0.1, -0.05) is 31.2 Å². The summed E-state index contributed by atoms with van der Waals surface area (Å²) in [4.78, 5) is 16.5. The summed E-state index contributed by atoms with van der Waals surface area (Å²) in [6.45, 7) is 4.45. The molecular formula is C15H18N2O. The van der Waals surface area contributed by atoms with E-state index in [9.17, 15) is 4.79 Å². The number of Topliss-reactive ketones (excluding diaryl/α,β-unsaturated/α-hetero) is 1. The van der Waals surface area contributed by atoms with Crippen LogP contribution in [0.4, 0.5) is 0 Å². The number of carbonyl (C=O) groups excluding carboxylic acids is 1. The van der Waals surface area contributed by atoms with Gasteiger partial charge in [0.05, 0.1) is 6.54 Å². The number of benzene rings is 1. The Morgan fingerprint density at radius 2 is 2.11 bits per heavy atom. The van der Waals surface area contributed by atoms with Crippen LogP contribution in [0.25, 0.3) is 0 Å². The molecule has 0 N–H and O–H groups in total. The Bertz CT molecular complexity index is 543. The summed E-state index contributed by atoms with van der Waals surface area (Å²) in [5, 5.41) is 0. The summed E-state index contributed by atoms with van der Waals surface area (Å²) in [5.74, 6) is 1.13. The van der Waals surface area contributed by atoms with E-state index in [1.165, 1.54) is 0 Å². The van der Waals surface area contributed by atoms with E-state index in [0.29, 0.717) is 6.54 Å². The smallest absolute Gasteiger partial charge is 0.182 e. The normalized spacial score (nSPS) is 10.6. The largest absolute Gasteiger partial charge is 0.327 e. The number of aromatic nitrogens is 2. The highest BCUT2D eigenvalue weighted by Gasteiger charge is 2.11. The van der Waals surface area contributed by atoms with Crippen molar-refractivity contribution < 1.29 is 4.79 Å². The van der Waals surface area contributed by atoms with Crippen LogP contribution in [0.5, 0.6) is 0 Å². The van der Waals surface area contributed by atoms with Gasteiger partial charge in [-0.05, 0) is 18.9 Å². The number of nitrogens with zero attached hydrogens (tertiary/aromatic N) is 2. The van der Waals surface area contributed by atoms with E-state index in [2.05, 4.69) is 11.9 Å². The third kappa shape index (κ3) is 2.67. The molecule has 2 rings (SSSR count). The Balaban J connectivity index is 2.17. The fraction of sp³-hybridized carbons (Fsp3) is 0.333. The Kier molecular flexibility index (Phi) is 3.92. The van der Waals surface area contributed by atoms with Gasteiger partial charge in [0, 0.05) is 24.4 Å². The van der Waals surface area contributed by atoms with Crippen LogP contribution >= 0.6 is 0 Å². The number of rotatable bonds is 5. The summed E-state index contributed by atoms with van der Waals surface area (Å²) in [6.07, 6.45) is 5.58. The molecular weight excluding hydrogens is 224 g/mol. The minimum absolute atomic E-state index is 0.142. The first-order valence-electron chi connectivity index (χ1n) is 6.31. The van der Waals surface area contributed by atoms with Crippen LogP contribution in [0.3, 0.4) is 0 Å². The molecule has 0 amide bonds. The Morgan fingerprint density at radius 1 is 1.33 bits per heavy atom. The highest BCUT2D eigenvalue weighted by Crippen LogP contribution is 2.10. The third-order valence-electron chi connectivity index (χ3n) is 3.03. The van der Waals surface area contributed by atoms with Crippen LogP contribution < -0.4 is 0 Å². The molecule has 0 aliphatic rings. The van der Waals surface area contributed by atoms with Crippen molar-refractivity contribution in [1.29, 1.82) is 0 Å². The van der Waals surface area contributed by atoms with E-state index < -0.39 is 0 Å². The summed E-state index contributed by atoms with van der Waals surface area (Å²) < 4.78 is 1.94. The maximum Gasteiger partial charge on any atom is 0.182 e. The van der Waals surface area contributed by atoms with Crippen LogP contribution in [-0.2, 0) is 13.0 Å². The van der Waals surface area contributed by atoms with Gasteiger partial charge in [0.15, 0.2) is 5.78 Å². The van der Waals surface area contributed by atoms with Crippen molar-refractivity contribution in [2.24, 2.45) is 0 Å². The first-order chi connectivity index (χ1) is 8.72. The molecule has 0 spiro atoms. The van der Waals surface area contributed by atoms with Gasteiger partial charge in [0.1, 0.15) is 5.82 Å². The zero-order valence-electron chi connectivity index (χ0n) is 10.9. The van der Waals surface area contributed by atoms with Crippen LogP contribution in [0.15, 0.2) is 36.7 Å². The number of hydrogen-bond acceptors (Lipinski definition) is 2. The van der Waals surface area contributed by atoms with Crippen LogP contribution in [0, 0.1) is 6.92 Å². The van der Waals surface area contributed by atoms with Crippen molar-refractivity contribution in [1.82, 2.24) is 9.55 Å². The molecule has 0 unspecified atom stereocenters. The monoisotopic (exact) mass is 242 g/mol. The lowest BCUT2D eigenvalue weighted by molar-refractivity contribution is 0.0970. The topological polar surface area (TPSA) is 34.9 Å². The van der Waals surface area contributed by atoms with Gasteiger partial charge in [0.25, 0.3) is 0 Å². The van der Waals surface area contributed by atoms with E-state index in [4.69, 9.17) is 0 Å². The number of hydrogen-bond donors (Lipinski definition) is 0. The Morgan fingerprint density at radius 3 is 2.83 bits per heavy atom. The Hall–Kier alpha value is -1.90. The predicted octanol–water partition coefficient (Wildman–Crippen LogP) is 3.03. The van der Waals surface area contributed by atoms with Gasteiger partial charge >= 0.3 is 0 Å². The first-order valence-corrected chi connectivity index (χ1v) is 6.31. The van der Waals surface area contributed by atoms with Gasteiger partial charge in [0.2, 0.25) is 0 Å². The summed E-state index contributed by atoms with van der Waals surface area (Å²) in [6, 6.07) is 7.70. The maximum atomic E-state index is 12.2. The van der Waals surface area contributed by atoms with Crippen LogP contribution in [-0.4, -0.2) is 15.3 Å². The lowest BCUT2D eigenvalue weighted by Crippen LogP contribution is -2.13. The van der Waals surface area contributed by atoms with Gasteiger partial charge < -0.3 is 4.57 Å². The second-order valence-corrected chi connectivity index (χ2v) is 4.46. The lowest BCUT2D eigenvalue weighted by Gasteiger charge is -2.08. The Labute approximate surface area is 107 Å². The molecule has 0 aliphatic heterocycles. The lowest BCUT2D eigenvalue weighted by atomic mass is 10.1. The zero-order valence-corrected chi connectivity index (χ0v) is 10.9. The van der Waals surface area contributed by atoms with E-state index in [1.807, 2.05) is 42.0 Å². The van der Waals surface area contributed by atoms with Crippen molar-refractivity contribution in [3.63, 3.8) is 0 Å². The van der Waals surface area contributed by atoms with Crippen LogP contribution in [0.2, 0.25) is 0 Å². The highest BCUT2D eigenvalue weighted by molar-refractivity contribution is 5.97. The van der Waals surface area contributed by atoms with E-state index in [-0.39, 0.29) is 5.78 Å². The zero-order chi connectivity index (χ0) is 13.0. The molecule has 0 fully saturated rings. The predicted molar refractivity (Wildman–Crippen MR) is 71.7 cm³/mol. The number of carbonyl (C=O) groups is 1. The standard InChI is InChI=1S/C15H18N2O/c1-3-6-15-16-9-10-17(15)11-14(18)13-8-5-4-7-12(13)2/h4-5,7-10H,3,6,11H2,1-2H3. The molecule has 3 nitrogen and oxygen atoms in total. The molecule has 1 aromatic carbocycles. The van der Waals surface area contributed by atoms with Crippen molar-refractivity contribution >= 4 is 5.78 Å². The van der Waals surface area contributed by atoms with Crippen molar-refractivity contribution in [2.45, 2.75) is 33.2 Å². The maximum absolute atomic E-state index is 12.2. The SMILES string of the molecule is CCCc1nccn1CC(=O)c1ccccc1C. The molecule has 0 radical (unpaired) electrons. The first kappa shape index (κ1) is 12.6. The molecule has 1 heterocycles. The summed E-state index contributed by atoms with van der Waals surface area (Å²) in [7, 11) is 0. The quantitative estimate of drug-likeness (QED) is 0.755. The van der Waals surface area contributed by atoms with Crippen molar-refractivity contribution in [3.05, 3.63) is 53.6 Å². The minimum atomic E-state index is 0.142. The molecule has 2 aromatic rings. The molecule has 18 heavy (non-hydrogen) atoms. The van der Waals surface area contributed by atoms with Crippen molar-refractivity contribution in [2.75, 3.05) is 0 Å². The summed E-state index contributed by atoms with van der Waals surface area (Å²) >= 11 is 0. The minimum Gasteiger partial charge on any atom is -0.327 e. The fourth-order valence-electron chi connectivity index (χ4n) is 2.06. The van der Waals surface area contributed by atoms with E-state index in [0.717, 1.165) is 29.8 Å². The molecule has 0 aliphatic carbocycles. The van der Waals surface area contributed by atoms with Gasteiger partial charge in [-0.25, -0.2) is 4.98 Å². The highest BCUT2D eigenvalue weighted by atomic mass is 16.1. The van der Waals surface area contributed by atoms with Gasteiger partial charge in [-0.3, -0.25) is 4.79 Å². The van der Waals surface area contributed by atoms with Gasteiger partial charge in [-0.2, -0.15) is 0 Å². The molecule has 3 heteroatoms. The second-order valence-electron chi connectivity index (χ2n) is 4.46. The number of ketones is 1. The van der Waals surface area contributed by atoms with Gasteiger partial charge in [-0.15, -0.1) is 0 Å². The average Bonchev–Trinajstić information content (AvgIpc) is 2.78. The molecule has 1 aromatic heterocycles. The summed E-state index contributed by atoms with van der Waals surface area (Å²) in [5.41, 5.74) is 1.83. The molecule has 0 atom stereocenters. The average molecular weight is 242 g/mol. The third-order valence-corrected chi connectivity index (χ3v) is 3.03. The second kappa shape index (κ2) is 5.63. The van der Waals surface area contributed by atoms with E-state index in [1.54, 1.807) is 6.20 Å². The molecule has 94 valence electrons. The molecule has 0 saturated heterocycles. The molecule has 0 saturated carbocycles.